The van der Waals surface area contributed by atoms with Crippen molar-refractivity contribution >= 4 is 27.6 Å². The topological polar surface area (TPSA) is 236 Å². The van der Waals surface area contributed by atoms with Crippen LogP contribution in [0.15, 0.2) is 72.9 Å². The van der Waals surface area contributed by atoms with E-state index in [-0.39, 0.29) is 32.1 Å². The number of hydrogen-bond donors (Lipinski definition) is 6. The van der Waals surface area contributed by atoms with Crippen LogP contribution in [0.4, 0.5) is 0 Å². The van der Waals surface area contributed by atoms with Gasteiger partial charge in [0, 0.05) is 12.8 Å². The van der Waals surface area contributed by atoms with E-state index in [9.17, 15) is 38.9 Å². The molecule has 0 aliphatic carbocycles. The summed E-state index contributed by atoms with van der Waals surface area (Å²) in [5.41, 5.74) is 0. The van der Waals surface area contributed by atoms with Gasteiger partial charge in [0.2, 0.25) is 0 Å². The van der Waals surface area contributed by atoms with E-state index >= 15 is 0 Å². The van der Waals surface area contributed by atoms with Crippen molar-refractivity contribution < 1.29 is 71.8 Å². The molecular weight excluding hydrogens is 854 g/mol. The lowest BCUT2D eigenvalue weighted by atomic mass is 10.0. The Hall–Kier alpha value is -2.52. The quantitative estimate of drug-likeness (QED) is 0.0145. The molecule has 0 saturated carbocycles. The Kier molecular flexibility index (Phi) is 39.3. The summed E-state index contributed by atoms with van der Waals surface area (Å²) in [6.45, 7) is 1.34. The van der Waals surface area contributed by atoms with Crippen LogP contribution in [-0.4, -0.2) is 92.8 Å². The summed E-state index contributed by atoms with van der Waals surface area (Å²) in [5, 5.41) is 30.5. The van der Waals surface area contributed by atoms with Crippen molar-refractivity contribution in [1.29, 1.82) is 0 Å². The minimum absolute atomic E-state index is 0.0868. The van der Waals surface area contributed by atoms with Crippen molar-refractivity contribution in [2.75, 3.05) is 26.4 Å². The fourth-order valence-electron chi connectivity index (χ4n) is 5.63. The Bertz CT molecular complexity index is 1420. The van der Waals surface area contributed by atoms with E-state index in [4.69, 9.17) is 23.8 Å². The highest BCUT2D eigenvalue weighted by molar-refractivity contribution is 7.47. The third-order valence-electron chi connectivity index (χ3n) is 9.26. The predicted molar refractivity (Wildman–Crippen MR) is 246 cm³/mol. The van der Waals surface area contributed by atoms with E-state index < -0.39 is 78.4 Å². The maximum atomic E-state index is 12.7. The number of aliphatic hydroxyl groups is 3. The molecular formula is C46H80O15P2. The monoisotopic (exact) mass is 934 g/mol. The Morgan fingerprint density at radius 2 is 0.968 bits per heavy atom. The van der Waals surface area contributed by atoms with E-state index in [1.807, 2.05) is 12.2 Å². The van der Waals surface area contributed by atoms with Crippen molar-refractivity contribution in [3.8, 4) is 0 Å². The van der Waals surface area contributed by atoms with E-state index in [2.05, 4.69) is 77.6 Å². The van der Waals surface area contributed by atoms with Gasteiger partial charge in [-0.3, -0.25) is 23.2 Å². The molecule has 0 radical (unpaired) electrons. The highest BCUT2D eigenvalue weighted by Gasteiger charge is 2.28. The molecule has 0 amide bonds. The van der Waals surface area contributed by atoms with Crippen molar-refractivity contribution in [3.63, 3.8) is 0 Å². The van der Waals surface area contributed by atoms with Crippen LogP contribution in [0.3, 0.4) is 0 Å². The van der Waals surface area contributed by atoms with Crippen molar-refractivity contribution in [1.82, 2.24) is 0 Å². The minimum atomic E-state index is -4.90. The normalized spacial score (nSPS) is 15.6. The van der Waals surface area contributed by atoms with Crippen LogP contribution in [-0.2, 0) is 41.8 Å². The number of carbonyl (C=O) groups is 2. The molecule has 0 bridgehead atoms. The number of aliphatic hydroxyl groups excluding tert-OH is 3. The molecule has 0 rings (SSSR count). The van der Waals surface area contributed by atoms with Gasteiger partial charge in [-0.25, -0.2) is 9.13 Å². The summed E-state index contributed by atoms with van der Waals surface area (Å²) in [6.07, 6.45) is 37.7. The zero-order valence-electron chi connectivity index (χ0n) is 37.9. The maximum Gasteiger partial charge on any atom is 0.472 e. The zero-order chi connectivity index (χ0) is 46.9. The smallest absolute Gasteiger partial charge is 0.462 e. The standard InChI is InChI=1S/C46H80O15P2/c1-3-5-7-9-11-13-15-17-18-19-20-21-23-25-27-29-31-35-45(50)57-39-42(40-60-63(55,56)59-38-41(47)37-58-62(52,53)54)61-46(51)36-32-34-44(49)43(48)33-30-28-26-24-22-16-14-12-10-8-6-4-2/h11-14,17-18,20-22,24,28,30,41-44,47-49H,3-10,15-16,19,23,25-27,29,31-40H2,1-2H3,(H,55,56)(H2,52,53,54)/b13-11-,14-12-,18-17-,21-20-,24-22-,30-28-/t41-,42+,43?,44?/m0/s1. The second-order valence-corrected chi connectivity index (χ2v) is 18.0. The van der Waals surface area contributed by atoms with Gasteiger partial charge in [0.25, 0.3) is 0 Å². The summed E-state index contributed by atoms with van der Waals surface area (Å²) < 4.78 is 47.6. The Balaban J connectivity index is 4.79. The number of rotatable bonds is 42. The van der Waals surface area contributed by atoms with Gasteiger partial charge in [0.1, 0.15) is 12.7 Å². The fraction of sp³-hybridized carbons (Fsp3) is 0.696. The minimum Gasteiger partial charge on any atom is -0.462 e. The summed E-state index contributed by atoms with van der Waals surface area (Å²) in [4.78, 5) is 52.8. The van der Waals surface area contributed by atoms with Gasteiger partial charge in [-0.1, -0.05) is 125 Å². The summed E-state index contributed by atoms with van der Waals surface area (Å²) in [7, 11) is -9.80. The van der Waals surface area contributed by atoms with Crippen LogP contribution >= 0.6 is 15.6 Å². The van der Waals surface area contributed by atoms with Gasteiger partial charge in [-0.05, 0) is 89.9 Å². The molecule has 0 fully saturated rings. The maximum absolute atomic E-state index is 12.7. The third-order valence-corrected chi connectivity index (χ3v) is 10.7. The van der Waals surface area contributed by atoms with Gasteiger partial charge in [0.05, 0.1) is 32.0 Å². The Morgan fingerprint density at radius 3 is 1.51 bits per heavy atom. The molecule has 0 heterocycles. The van der Waals surface area contributed by atoms with Crippen molar-refractivity contribution in [3.05, 3.63) is 72.9 Å². The summed E-state index contributed by atoms with van der Waals surface area (Å²) >= 11 is 0. The van der Waals surface area contributed by atoms with Gasteiger partial charge in [-0.15, -0.1) is 0 Å². The largest absolute Gasteiger partial charge is 0.472 e. The SMILES string of the molecule is CCCCC/C=C\C/C=C\C/C=C\CCCCCCC(=O)OC[C@H](COP(=O)(O)OC[C@@H](O)COP(=O)(O)O)OC(=O)CCCC(O)C(O)C/C=C\C/C=C\C/C=C\CCCCC. The van der Waals surface area contributed by atoms with Crippen LogP contribution in [0.5, 0.6) is 0 Å². The molecule has 15 nitrogen and oxygen atoms in total. The van der Waals surface area contributed by atoms with Crippen molar-refractivity contribution in [2.24, 2.45) is 0 Å². The molecule has 0 saturated heterocycles. The predicted octanol–water partition coefficient (Wildman–Crippen LogP) is 9.73. The van der Waals surface area contributed by atoms with Gasteiger partial charge in [-0.2, -0.15) is 0 Å². The summed E-state index contributed by atoms with van der Waals surface area (Å²) in [5.74, 6) is -1.35. The van der Waals surface area contributed by atoms with Gasteiger partial charge < -0.3 is 39.5 Å². The van der Waals surface area contributed by atoms with E-state index in [0.717, 1.165) is 57.8 Å². The number of esters is 2. The molecule has 63 heavy (non-hydrogen) atoms. The fourth-order valence-corrected chi connectivity index (χ4v) is 6.79. The third kappa shape index (κ3) is 43.2. The second kappa shape index (κ2) is 40.9. The Morgan fingerprint density at radius 1 is 0.508 bits per heavy atom. The number of ether oxygens (including phenoxy) is 2. The van der Waals surface area contributed by atoms with Crippen LogP contribution in [0.25, 0.3) is 0 Å². The number of hydrogen-bond acceptors (Lipinski definition) is 12. The first-order chi connectivity index (χ1) is 30.2. The zero-order valence-corrected chi connectivity index (χ0v) is 39.7. The number of unbranched alkanes of at least 4 members (excludes halogenated alkanes) is 10. The molecule has 364 valence electrons. The lowest BCUT2D eigenvalue weighted by Crippen LogP contribution is -2.30. The first kappa shape index (κ1) is 60.5. The molecule has 17 heteroatoms. The molecule has 0 aromatic rings. The first-order valence-corrected chi connectivity index (χ1v) is 25.8. The second-order valence-electron chi connectivity index (χ2n) is 15.3. The number of phosphoric acid groups is 2. The first-order valence-electron chi connectivity index (χ1n) is 22.8. The lowest BCUT2D eigenvalue weighted by molar-refractivity contribution is -0.161. The Labute approximate surface area is 377 Å². The van der Waals surface area contributed by atoms with E-state index in [0.29, 0.717) is 12.8 Å². The number of carbonyl (C=O) groups excluding carboxylic acids is 2. The van der Waals surface area contributed by atoms with E-state index in [1.165, 1.54) is 38.5 Å². The van der Waals surface area contributed by atoms with E-state index in [1.54, 1.807) is 6.08 Å². The molecule has 0 spiro atoms. The molecule has 5 atom stereocenters. The van der Waals surface area contributed by atoms with Crippen molar-refractivity contribution in [2.45, 2.75) is 180 Å². The van der Waals surface area contributed by atoms with Gasteiger partial charge in [0.15, 0.2) is 6.10 Å². The molecule has 3 unspecified atom stereocenters. The number of allylic oxidation sites excluding steroid dienone is 11. The molecule has 0 aromatic carbocycles. The highest BCUT2D eigenvalue weighted by Crippen LogP contribution is 2.43. The van der Waals surface area contributed by atoms with Crippen LogP contribution in [0.2, 0.25) is 0 Å². The average Bonchev–Trinajstić information content (AvgIpc) is 3.24. The molecule has 0 aromatic heterocycles. The average molecular weight is 935 g/mol. The summed E-state index contributed by atoms with van der Waals surface area (Å²) in [6, 6.07) is 0. The van der Waals surface area contributed by atoms with Crippen LogP contribution < -0.4 is 0 Å². The lowest BCUT2D eigenvalue weighted by Gasteiger charge is -2.21. The highest BCUT2D eigenvalue weighted by atomic mass is 31.2. The van der Waals surface area contributed by atoms with Crippen LogP contribution in [0.1, 0.15) is 155 Å². The molecule has 0 aliphatic rings. The molecule has 6 N–H and O–H groups in total. The molecule has 0 aliphatic heterocycles. The number of phosphoric ester groups is 2. The van der Waals surface area contributed by atoms with Crippen LogP contribution in [0, 0.1) is 0 Å². The van der Waals surface area contributed by atoms with Gasteiger partial charge >= 0.3 is 27.6 Å².